The molecule has 1 amide bonds. The van der Waals surface area contributed by atoms with Crippen molar-refractivity contribution in [3.63, 3.8) is 0 Å². The van der Waals surface area contributed by atoms with Crippen molar-refractivity contribution >= 4 is 44.5 Å². The third-order valence-electron chi connectivity index (χ3n) is 4.39. The SMILES string of the molecule is CNC(=O)c1cncc(Oc2ccc3c(c2)nc(Nc2ccc(Br)cc2)n3C)c1. The number of rotatable bonds is 5. The molecule has 0 radical (unpaired) electrons. The van der Waals surface area contributed by atoms with Gasteiger partial charge in [-0.3, -0.25) is 9.78 Å². The molecule has 0 bridgehead atoms. The smallest absolute Gasteiger partial charge is 0.252 e. The van der Waals surface area contributed by atoms with Gasteiger partial charge in [-0.05, 0) is 42.5 Å². The molecule has 2 aromatic carbocycles. The number of nitrogens with zero attached hydrogens (tertiary/aromatic N) is 3. The van der Waals surface area contributed by atoms with E-state index >= 15 is 0 Å². The van der Waals surface area contributed by atoms with Gasteiger partial charge in [0.05, 0.1) is 22.8 Å². The summed E-state index contributed by atoms with van der Waals surface area (Å²) in [7, 11) is 3.53. The van der Waals surface area contributed by atoms with Crippen LogP contribution in [0.2, 0.25) is 0 Å². The van der Waals surface area contributed by atoms with Gasteiger partial charge in [0, 0.05) is 36.5 Å². The first kappa shape index (κ1) is 18.9. The van der Waals surface area contributed by atoms with Crippen molar-refractivity contribution in [2.24, 2.45) is 7.05 Å². The van der Waals surface area contributed by atoms with Crippen LogP contribution in [0.4, 0.5) is 11.6 Å². The molecule has 0 atom stereocenters. The van der Waals surface area contributed by atoms with E-state index in [-0.39, 0.29) is 5.91 Å². The van der Waals surface area contributed by atoms with Crippen LogP contribution >= 0.6 is 15.9 Å². The highest BCUT2D eigenvalue weighted by molar-refractivity contribution is 9.10. The molecule has 2 heterocycles. The normalized spacial score (nSPS) is 10.7. The summed E-state index contributed by atoms with van der Waals surface area (Å²) >= 11 is 3.44. The number of halogens is 1. The van der Waals surface area contributed by atoms with Gasteiger partial charge in [-0.1, -0.05) is 15.9 Å². The number of hydrogen-bond acceptors (Lipinski definition) is 5. The van der Waals surface area contributed by atoms with Gasteiger partial charge in [-0.2, -0.15) is 0 Å². The van der Waals surface area contributed by atoms with Crippen molar-refractivity contribution in [1.29, 1.82) is 0 Å². The largest absolute Gasteiger partial charge is 0.456 e. The minimum Gasteiger partial charge on any atom is -0.456 e. The van der Waals surface area contributed by atoms with Crippen molar-refractivity contribution in [3.05, 3.63) is 71.0 Å². The Morgan fingerprint density at radius 2 is 1.86 bits per heavy atom. The number of pyridine rings is 1. The lowest BCUT2D eigenvalue weighted by Gasteiger charge is -2.07. The summed E-state index contributed by atoms with van der Waals surface area (Å²) in [6.45, 7) is 0. The number of carbonyl (C=O) groups excluding carboxylic acids is 1. The Labute approximate surface area is 175 Å². The number of nitrogens with one attached hydrogen (secondary N) is 2. The second-order valence-corrected chi connectivity index (χ2v) is 7.28. The second-order valence-electron chi connectivity index (χ2n) is 6.37. The number of amides is 1. The van der Waals surface area contributed by atoms with Crippen molar-refractivity contribution in [3.8, 4) is 11.5 Å². The average Bonchev–Trinajstić information content (AvgIpc) is 3.04. The maximum atomic E-state index is 11.8. The maximum Gasteiger partial charge on any atom is 0.252 e. The van der Waals surface area contributed by atoms with Crippen LogP contribution in [0.3, 0.4) is 0 Å². The number of aryl methyl sites for hydroxylation is 1. The first-order valence-corrected chi connectivity index (χ1v) is 9.67. The first-order valence-electron chi connectivity index (χ1n) is 8.87. The summed E-state index contributed by atoms with van der Waals surface area (Å²) in [5.41, 5.74) is 3.14. The third kappa shape index (κ3) is 4.07. The Morgan fingerprint density at radius 3 is 2.62 bits per heavy atom. The van der Waals surface area contributed by atoms with E-state index in [0.717, 1.165) is 27.1 Å². The molecule has 146 valence electrons. The number of hydrogen-bond donors (Lipinski definition) is 2. The molecule has 7 nitrogen and oxygen atoms in total. The third-order valence-corrected chi connectivity index (χ3v) is 4.92. The molecule has 0 unspecified atom stereocenters. The molecule has 0 aliphatic rings. The maximum absolute atomic E-state index is 11.8. The predicted octanol–water partition coefficient (Wildman–Crippen LogP) is 4.63. The van der Waals surface area contributed by atoms with Gasteiger partial charge in [-0.25, -0.2) is 4.98 Å². The van der Waals surface area contributed by atoms with Crippen LogP contribution in [0.25, 0.3) is 11.0 Å². The van der Waals surface area contributed by atoms with Crippen molar-refractivity contribution < 1.29 is 9.53 Å². The fraction of sp³-hybridized carbons (Fsp3) is 0.0952. The van der Waals surface area contributed by atoms with Gasteiger partial charge in [-0.15, -0.1) is 0 Å². The Balaban J connectivity index is 1.59. The molecule has 0 spiro atoms. The van der Waals surface area contributed by atoms with Gasteiger partial charge in [0.2, 0.25) is 5.95 Å². The summed E-state index contributed by atoms with van der Waals surface area (Å²) in [6, 6.07) is 15.2. The molecule has 4 aromatic rings. The van der Waals surface area contributed by atoms with E-state index in [1.54, 1.807) is 19.3 Å². The molecule has 0 saturated heterocycles. The highest BCUT2D eigenvalue weighted by Gasteiger charge is 2.11. The van der Waals surface area contributed by atoms with E-state index in [2.05, 4.69) is 36.5 Å². The van der Waals surface area contributed by atoms with Gasteiger partial charge in [0.25, 0.3) is 5.91 Å². The molecule has 2 N–H and O–H groups in total. The molecular weight excluding hydrogens is 434 g/mol. The fourth-order valence-electron chi connectivity index (χ4n) is 2.90. The van der Waals surface area contributed by atoms with Crippen LogP contribution in [-0.4, -0.2) is 27.5 Å². The zero-order valence-electron chi connectivity index (χ0n) is 15.8. The molecule has 2 aromatic heterocycles. The van der Waals surface area contributed by atoms with Gasteiger partial charge < -0.3 is 19.9 Å². The minimum absolute atomic E-state index is 0.216. The lowest BCUT2D eigenvalue weighted by atomic mass is 10.2. The lowest BCUT2D eigenvalue weighted by Crippen LogP contribution is -2.17. The zero-order valence-corrected chi connectivity index (χ0v) is 17.4. The molecule has 0 fully saturated rings. The molecule has 0 aliphatic carbocycles. The number of aromatic nitrogens is 3. The Kier molecular flexibility index (Phi) is 5.18. The number of anilines is 2. The number of fused-ring (bicyclic) bond motifs is 1. The quantitative estimate of drug-likeness (QED) is 0.462. The summed E-state index contributed by atoms with van der Waals surface area (Å²) in [4.78, 5) is 20.5. The second kappa shape index (κ2) is 7.92. The summed E-state index contributed by atoms with van der Waals surface area (Å²) in [5.74, 6) is 1.60. The number of carbonyl (C=O) groups is 1. The Bertz CT molecular complexity index is 1190. The molecule has 0 saturated carbocycles. The highest BCUT2D eigenvalue weighted by atomic mass is 79.9. The molecular formula is C21H18BrN5O2. The summed E-state index contributed by atoms with van der Waals surface area (Å²) in [5, 5.41) is 5.89. The van der Waals surface area contributed by atoms with Crippen LogP contribution in [0, 0.1) is 0 Å². The van der Waals surface area contributed by atoms with Crippen LogP contribution in [0.15, 0.2) is 65.4 Å². The van der Waals surface area contributed by atoms with Gasteiger partial charge in [0.15, 0.2) is 0 Å². The lowest BCUT2D eigenvalue weighted by molar-refractivity contribution is 0.0962. The predicted molar refractivity (Wildman–Crippen MR) is 116 cm³/mol. The van der Waals surface area contributed by atoms with Crippen LogP contribution in [0.1, 0.15) is 10.4 Å². The van der Waals surface area contributed by atoms with E-state index in [9.17, 15) is 4.79 Å². The topological polar surface area (TPSA) is 81.1 Å². The van der Waals surface area contributed by atoms with Crippen LogP contribution < -0.4 is 15.4 Å². The van der Waals surface area contributed by atoms with Crippen molar-refractivity contribution in [1.82, 2.24) is 19.9 Å². The monoisotopic (exact) mass is 451 g/mol. The van der Waals surface area contributed by atoms with Crippen molar-refractivity contribution in [2.75, 3.05) is 12.4 Å². The van der Waals surface area contributed by atoms with E-state index in [4.69, 9.17) is 4.74 Å². The highest BCUT2D eigenvalue weighted by Crippen LogP contribution is 2.28. The first-order chi connectivity index (χ1) is 14.0. The Hall–Kier alpha value is -3.39. The number of ether oxygens (including phenoxy) is 1. The Morgan fingerprint density at radius 1 is 1.07 bits per heavy atom. The van der Waals surface area contributed by atoms with Crippen molar-refractivity contribution in [2.45, 2.75) is 0 Å². The molecule has 8 heteroatoms. The van der Waals surface area contributed by atoms with Gasteiger partial charge in [0.1, 0.15) is 11.5 Å². The number of benzene rings is 2. The summed E-state index contributed by atoms with van der Waals surface area (Å²) in [6.07, 6.45) is 3.06. The van der Waals surface area contributed by atoms with Gasteiger partial charge >= 0.3 is 0 Å². The standard InChI is InChI=1S/C21H18BrN5O2/c1-23-20(28)13-9-17(12-24-11-13)29-16-7-8-19-18(10-16)26-21(27(19)2)25-15-5-3-14(22)4-6-15/h3-12H,1-2H3,(H,23,28)(H,25,26). The molecule has 4 rings (SSSR count). The van der Waals surface area contributed by atoms with E-state index in [0.29, 0.717) is 17.1 Å². The van der Waals surface area contributed by atoms with E-state index in [1.165, 1.54) is 6.20 Å². The van der Waals surface area contributed by atoms with E-state index in [1.807, 2.05) is 54.1 Å². The average molecular weight is 452 g/mol. The molecule has 0 aliphatic heterocycles. The summed E-state index contributed by atoms with van der Waals surface area (Å²) < 4.78 is 8.88. The minimum atomic E-state index is -0.216. The fourth-order valence-corrected chi connectivity index (χ4v) is 3.16. The van der Waals surface area contributed by atoms with Crippen LogP contribution in [0.5, 0.6) is 11.5 Å². The van der Waals surface area contributed by atoms with Crippen LogP contribution in [-0.2, 0) is 7.05 Å². The zero-order chi connectivity index (χ0) is 20.4. The van der Waals surface area contributed by atoms with E-state index < -0.39 is 0 Å². The molecule has 29 heavy (non-hydrogen) atoms. The number of imidazole rings is 1.